The van der Waals surface area contributed by atoms with Crippen LogP contribution >= 0.6 is 0 Å². The molecule has 0 aliphatic carbocycles. The molecule has 1 unspecified atom stereocenters. The molecule has 2 aromatic rings. The average Bonchev–Trinajstić information content (AvgIpc) is 2.39. The summed E-state index contributed by atoms with van der Waals surface area (Å²) >= 11 is 0. The molecule has 2 nitrogen and oxygen atoms in total. The lowest BCUT2D eigenvalue weighted by Gasteiger charge is -2.19. The summed E-state index contributed by atoms with van der Waals surface area (Å²) in [5, 5.41) is 0. The van der Waals surface area contributed by atoms with E-state index in [1.165, 1.54) is 11.1 Å². The van der Waals surface area contributed by atoms with Crippen molar-refractivity contribution in [2.45, 2.75) is 38.0 Å². The number of benzene rings is 2. The monoisotopic (exact) mass is 287 g/mol. The second-order valence-corrected chi connectivity index (χ2v) is 7.22. The molecule has 0 spiro atoms. The molecular formula is C17H21NOS. The van der Waals surface area contributed by atoms with Gasteiger partial charge in [0.05, 0.1) is 4.90 Å². The van der Waals surface area contributed by atoms with Crippen LogP contribution in [-0.4, -0.2) is 4.21 Å². The van der Waals surface area contributed by atoms with Crippen molar-refractivity contribution in [2.24, 2.45) is 0 Å². The maximum Gasteiger partial charge on any atom is 0.150 e. The van der Waals surface area contributed by atoms with Gasteiger partial charge in [-0.1, -0.05) is 50.6 Å². The molecule has 20 heavy (non-hydrogen) atoms. The van der Waals surface area contributed by atoms with Crippen LogP contribution in [0.4, 0.5) is 5.69 Å². The largest absolute Gasteiger partial charge is 0.301 e. The Bertz CT molecular complexity index is 594. The van der Waals surface area contributed by atoms with Crippen molar-refractivity contribution in [3.05, 3.63) is 59.7 Å². The standard InChI is InChI=1S/C17H21NOS/c1-13-5-11-16(12-6-13)20(19)18-15-9-7-14(8-10-15)17(2,3)4/h5-12,18H,1-4H3. The van der Waals surface area contributed by atoms with Gasteiger partial charge in [-0.3, -0.25) is 0 Å². The Kier molecular flexibility index (Phi) is 4.29. The fraction of sp³-hybridized carbons (Fsp3) is 0.294. The zero-order valence-electron chi connectivity index (χ0n) is 12.4. The fourth-order valence-electron chi connectivity index (χ4n) is 1.87. The molecule has 0 aliphatic heterocycles. The van der Waals surface area contributed by atoms with E-state index >= 15 is 0 Å². The minimum Gasteiger partial charge on any atom is -0.301 e. The average molecular weight is 287 g/mol. The van der Waals surface area contributed by atoms with Crippen molar-refractivity contribution in [3.63, 3.8) is 0 Å². The first-order valence-corrected chi connectivity index (χ1v) is 7.87. The van der Waals surface area contributed by atoms with Crippen LogP contribution in [0.5, 0.6) is 0 Å². The normalized spacial score (nSPS) is 13.0. The van der Waals surface area contributed by atoms with Gasteiger partial charge in [0.1, 0.15) is 11.0 Å². The Hall–Kier alpha value is -1.61. The third kappa shape index (κ3) is 3.70. The zero-order valence-corrected chi connectivity index (χ0v) is 13.3. The second kappa shape index (κ2) is 5.80. The maximum absolute atomic E-state index is 12.2. The van der Waals surface area contributed by atoms with Crippen molar-refractivity contribution < 1.29 is 4.21 Å². The fourth-order valence-corrected chi connectivity index (χ4v) is 2.72. The van der Waals surface area contributed by atoms with E-state index < -0.39 is 11.0 Å². The van der Waals surface area contributed by atoms with E-state index in [9.17, 15) is 4.21 Å². The van der Waals surface area contributed by atoms with Crippen LogP contribution in [0, 0.1) is 6.92 Å². The lowest BCUT2D eigenvalue weighted by molar-refractivity contribution is 0.590. The van der Waals surface area contributed by atoms with Gasteiger partial charge >= 0.3 is 0 Å². The Labute approximate surface area is 123 Å². The van der Waals surface area contributed by atoms with E-state index in [0.717, 1.165) is 10.6 Å². The number of anilines is 1. The molecule has 0 aliphatic rings. The minimum atomic E-state index is -1.22. The van der Waals surface area contributed by atoms with Crippen molar-refractivity contribution in [1.29, 1.82) is 0 Å². The molecule has 0 bridgehead atoms. The molecule has 0 saturated carbocycles. The van der Waals surface area contributed by atoms with E-state index in [4.69, 9.17) is 0 Å². The van der Waals surface area contributed by atoms with Crippen LogP contribution in [0.25, 0.3) is 0 Å². The predicted octanol–water partition coefficient (Wildman–Crippen LogP) is 4.43. The van der Waals surface area contributed by atoms with Gasteiger partial charge in [0.15, 0.2) is 0 Å². The van der Waals surface area contributed by atoms with Crippen molar-refractivity contribution >= 4 is 16.7 Å². The van der Waals surface area contributed by atoms with Crippen LogP contribution in [0.1, 0.15) is 31.9 Å². The topological polar surface area (TPSA) is 29.1 Å². The van der Waals surface area contributed by atoms with E-state index in [2.05, 4.69) is 37.6 Å². The molecule has 1 atom stereocenters. The Balaban J connectivity index is 2.10. The zero-order chi connectivity index (χ0) is 14.8. The highest BCUT2D eigenvalue weighted by Crippen LogP contribution is 2.24. The van der Waals surface area contributed by atoms with Crippen molar-refractivity contribution in [3.8, 4) is 0 Å². The summed E-state index contributed by atoms with van der Waals surface area (Å²) in [6.07, 6.45) is 0. The SMILES string of the molecule is Cc1ccc(S(=O)Nc2ccc(C(C)(C)C)cc2)cc1. The highest BCUT2D eigenvalue weighted by molar-refractivity contribution is 7.86. The molecule has 0 amide bonds. The molecule has 2 rings (SSSR count). The van der Waals surface area contributed by atoms with E-state index in [1.54, 1.807) is 0 Å². The Morgan fingerprint density at radius 3 is 1.95 bits per heavy atom. The first-order chi connectivity index (χ1) is 9.36. The Morgan fingerprint density at radius 2 is 1.45 bits per heavy atom. The molecule has 1 N–H and O–H groups in total. The first kappa shape index (κ1) is 14.8. The highest BCUT2D eigenvalue weighted by Gasteiger charge is 2.13. The van der Waals surface area contributed by atoms with Gasteiger partial charge in [-0.05, 0) is 42.2 Å². The summed E-state index contributed by atoms with van der Waals surface area (Å²) in [5.74, 6) is 0. The minimum absolute atomic E-state index is 0.134. The van der Waals surface area contributed by atoms with Crippen LogP contribution in [-0.2, 0) is 16.4 Å². The Morgan fingerprint density at radius 1 is 0.900 bits per heavy atom. The number of hydrogen-bond acceptors (Lipinski definition) is 1. The first-order valence-electron chi connectivity index (χ1n) is 6.72. The van der Waals surface area contributed by atoms with Gasteiger partial charge < -0.3 is 4.72 Å². The molecule has 3 heteroatoms. The quantitative estimate of drug-likeness (QED) is 0.889. The van der Waals surface area contributed by atoms with Crippen LogP contribution in [0.15, 0.2) is 53.4 Å². The molecule has 0 heterocycles. The summed E-state index contributed by atoms with van der Waals surface area (Å²) in [5.41, 5.74) is 3.44. The third-order valence-corrected chi connectivity index (χ3v) is 4.32. The van der Waals surface area contributed by atoms with E-state index in [1.807, 2.05) is 43.3 Å². The number of hydrogen-bond donors (Lipinski definition) is 1. The van der Waals surface area contributed by atoms with Gasteiger partial charge in [0.25, 0.3) is 0 Å². The summed E-state index contributed by atoms with van der Waals surface area (Å²) < 4.78 is 15.2. The molecule has 0 aromatic heterocycles. The predicted molar refractivity (Wildman–Crippen MR) is 86.4 cm³/mol. The summed E-state index contributed by atoms with van der Waals surface area (Å²) in [6, 6.07) is 15.8. The van der Waals surface area contributed by atoms with Gasteiger partial charge in [-0.25, -0.2) is 4.21 Å². The number of rotatable bonds is 3. The molecular weight excluding hydrogens is 266 g/mol. The highest BCUT2D eigenvalue weighted by atomic mass is 32.2. The number of nitrogens with one attached hydrogen (secondary N) is 1. The molecule has 0 saturated heterocycles. The molecule has 0 radical (unpaired) electrons. The van der Waals surface area contributed by atoms with Gasteiger partial charge in [-0.15, -0.1) is 0 Å². The van der Waals surface area contributed by atoms with Crippen LogP contribution in [0.2, 0.25) is 0 Å². The lowest BCUT2D eigenvalue weighted by atomic mass is 9.87. The van der Waals surface area contributed by atoms with Crippen LogP contribution in [0.3, 0.4) is 0 Å². The van der Waals surface area contributed by atoms with Gasteiger partial charge in [0, 0.05) is 5.69 Å². The third-order valence-electron chi connectivity index (χ3n) is 3.20. The van der Waals surface area contributed by atoms with Crippen LogP contribution < -0.4 is 4.72 Å². The molecule has 2 aromatic carbocycles. The summed E-state index contributed by atoms with van der Waals surface area (Å²) in [7, 11) is -1.22. The molecule has 0 fully saturated rings. The van der Waals surface area contributed by atoms with E-state index in [-0.39, 0.29) is 5.41 Å². The lowest BCUT2D eigenvalue weighted by Crippen LogP contribution is -2.11. The number of aryl methyl sites for hydroxylation is 1. The summed E-state index contributed by atoms with van der Waals surface area (Å²) in [6.45, 7) is 8.56. The smallest absolute Gasteiger partial charge is 0.150 e. The second-order valence-electron chi connectivity index (χ2n) is 6.01. The summed E-state index contributed by atoms with van der Waals surface area (Å²) in [4.78, 5) is 0.787. The van der Waals surface area contributed by atoms with Crippen molar-refractivity contribution in [1.82, 2.24) is 0 Å². The molecule has 106 valence electrons. The van der Waals surface area contributed by atoms with Gasteiger partial charge in [0.2, 0.25) is 0 Å². The van der Waals surface area contributed by atoms with Crippen molar-refractivity contribution in [2.75, 3.05) is 4.72 Å². The van der Waals surface area contributed by atoms with Gasteiger partial charge in [-0.2, -0.15) is 0 Å². The maximum atomic E-state index is 12.2. The van der Waals surface area contributed by atoms with E-state index in [0.29, 0.717) is 0 Å².